The zero-order valence-electron chi connectivity index (χ0n) is 16.8. The summed E-state index contributed by atoms with van der Waals surface area (Å²) >= 11 is 0. The summed E-state index contributed by atoms with van der Waals surface area (Å²) in [4.78, 5) is 62.0. The Kier molecular flexibility index (Phi) is 6.57. The molecule has 1 aromatic rings. The topological polar surface area (TPSA) is 125 Å². The van der Waals surface area contributed by atoms with Gasteiger partial charge in [-0.3, -0.25) is 24.1 Å². The summed E-state index contributed by atoms with van der Waals surface area (Å²) in [5.41, 5.74) is 0.289. The Labute approximate surface area is 168 Å². The number of esters is 1. The van der Waals surface area contributed by atoms with Gasteiger partial charge in [0.15, 0.2) is 6.61 Å². The number of benzene rings is 1. The van der Waals surface area contributed by atoms with Crippen molar-refractivity contribution in [2.45, 2.75) is 19.4 Å². The summed E-state index contributed by atoms with van der Waals surface area (Å²) in [6.07, 6.45) is 0. The van der Waals surface area contributed by atoms with Crippen LogP contribution >= 0.6 is 0 Å². The number of nitrogens with zero attached hydrogens (tertiary/aromatic N) is 2. The second-order valence-electron chi connectivity index (χ2n) is 7.04. The first-order chi connectivity index (χ1) is 13.5. The van der Waals surface area contributed by atoms with Crippen LogP contribution in [0.25, 0.3) is 0 Å². The van der Waals surface area contributed by atoms with E-state index in [1.54, 1.807) is 19.1 Å². The number of carbonyl (C=O) groups is 5. The zero-order chi connectivity index (χ0) is 21.8. The molecule has 1 saturated heterocycles. The van der Waals surface area contributed by atoms with Crippen molar-refractivity contribution in [3.8, 4) is 0 Å². The third kappa shape index (κ3) is 5.09. The average molecular weight is 404 g/mol. The number of aryl methyl sites for hydroxylation is 1. The summed E-state index contributed by atoms with van der Waals surface area (Å²) in [6, 6.07) is 6.37. The van der Waals surface area contributed by atoms with Gasteiger partial charge in [0.2, 0.25) is 5.91 Å². The van der Waals surface area contributed by atoms with E-state index in [1.165, 1.54) is 19.0 Å². The van der Waals surface area contributed by atoms with Gasteiger partial charge in [0.05, 0.1) is 6.54 Å². The quantitative estimate of drug-likeness (QED) is 0.467. The maximum atomic E-state index is 12.8. The van der Waals surface area contributed by atoms with Crippen LogP contribution in [0.15, 0.2) is 24.3 Å². The number of rotatable bonds is 7. The molecule has 156 valence electrons. The molecular formula is C19H24N4O6. The van der Waals surface area contributed by atoms with Crippen molar-refractivity contribution in [2.24, 2.45) is 0 Å². The Hall–Kier alpha value is -3.43. The molecule has 0 aliphatic carbocycles. The SMILES string of the molecule is Cc1ccc([C@@]2(C)NC(=O)N(CC(=O)OCC(=O)NCC(=O)N(C)C)C2=O)cc1. The largest absolute Gasteiger partial charge is 0.454 e. The van der Waals surface area contributed by atoms with Crippen molar-refractivity contribution in [1.82, 2.24) is 20.4 Å². The van der Waals surface area contributed by atoms with Crippen molar-refractivity contribution in [2.75, 3.05) is 33.8 Å². The van der Waals surface area contributed by atoms with Gasteiger partial charge in [-0.15, -0.1) is 0 Å². The minimum absolute atomic E-state index is 0.231. The number of hydrogen-bond acceptors (Lipinski definition) is 6. The van der Waals surface area contributed by atoms with E-state index in [0.29, 0.717) is 5.56 Å². The zero-order valence-corrected chi connectivity index (χ0v) is 16.8. The molecule has 1 heterocycles. The lowest BCUT2D eigenvalue weighted by molar-refractivity contribution is -0.151. The number of ether oxygens (including phenoxy) is 1. The van der Waals surface area contributed by atoms with E-state index >= 15 is 0 Å². The van der Waals surface area contributed by atoms with Gasteiger partial charge in [-0.1, -0.05) is 29.8 Å². The molecule has 1 fully saturated rings. The minimum atomic E-state index is -1.30. The smallest absolute Gasteiger partial charge is 0.326 e. The molecule has 1 aromatic carbocycles. The van der Waals surface area contributed by atoms with Crippen LogP contribution < -0.4 is 10.6 Å². The molecule has 29 heavy (non-hydrogen) atoms. The minimum Gasteiger partial charge on any atom is -0.454 e. The predicted octanol–water partition coefficient (Wildman–Crippen LogP) is -0.490. The van der Waals surface area contributed by atoms with Gasteiger partial charge < -0.3 is 20.3 Å². The normalized spacial score (nSPS) is 18.3. The Morgan fingerprint density at radius 3 is 2.38 bits per heavy atom. The monoisotopic (exact) mass is 404 g/mol. The van der Waals surface area contributed by atoms with Crippen LogP contribution in [0.5, 0.6) is 0 Å². The number of likely N-dealkylation sites (N-methyl/N-ethyl adjacent to an activating group) is 1. The van der Waals surface area contributed by atoms with Crippen molar-refractivity contribution < 1.29 is 28.7 Å². The third-order valence-corrected chi connectivity index (χ3v) is 4.49. The number of hydrogen-bond donors (Lipinski definition) is 2. The van der Waals surface area contributed by atoms with Crippen LogP contribution in [-0.4, -0.2) is 73.3 Å². The molecule has 0 unspecified atom stereocenters. The fraction of sp³-hybridized carbons (Fsp3) is 0.421. The molecule has 0 aromatic heterocycles. The summed E-state index contributed by atoms with van der Waals surface area (Å²) in [7, 11) is 3.08. The molecule has 0 spiro atoms. The van der Waals surface area contributed by atoms with Gasteiger partial charge in [0, 0.05) is 14.1 Å². The van der Waals surface area contributed by atoms with Gasteiger partial charge in [-0.05, 0) is 19.4 Å². The number of urea groups is 1. The molecule has 0 saturated carbocycles. The van der Waals surface area contributed by atoms with Gasteiger partial charge in [0.25, 0.3) is 11.8 Å². The van der Waals surface area contributed by atoms with Crippen LogP contribution in [0.1, 0.15) is 18.1 Å². The lowest BCUT2D eigenvalue weighted by atomic mass is 9.91. The average Bonchev–Trinajstić information content (AvgIpc) is 2.88. The predicted molar refractivity (Wildman–Crippen MR) is 101 cm³/mol. The molecule has 1 aliphatic heterocycles. The Balaban J connectivity index is 1.91. The number of imide groups is 1. The molecule has 1 aliphatic rings. The van der Waals surface area contributed by atoms with Crippen LogP contribution in [0, 0.1) is 6.92 Å². The maximum absolute atomic E-state index is 12.8. The maximum Gasteiger partial charge on any atom is 0.326 e. The van der Waals surface area contributed by atoms with E-state index in [4.69, 9.17) is 4.74 Å². The molecule has 0 bridgehead atoms. The molecule has 10 nitrogen and oxygen atoms in total. The summed E-state index contributed by atoms with van der Waals surface area (Å²) < 4.78 is 4.80. The van der Waals surface area contributed by atoms with E-state index in [0.717, 1.165) is 10.5 Å². The van der Waals surface area contributed by atoms with E-state index in [9.17, 15) is 24.0 Å². The summed E-state index contributed by atoms with van der Waals surface area (Å²) in [6.45, 7) is 1.97. The molecule has 0 radical (unpaired) electrons. The third-order valence-electron chi connectivity index (χ3n) is 4.49. The Bertz CT molecular complexity index is 836. The lowest BCUT2D eigenvalue weighted by Crippen LogP contribution is -2.42. The van der Waals surface area contributed by atoms with Crippen LogP contribution in [0.2, 0.25) is 0 Å². The first-order valence-corrected chi connectivity index (χ1v) is 8.88. The highest BCUT2D eigenvalue weighted by atomic mass is 16.5. The summed E-state index contributed by atoms with van der Waals surface area (Å²) in [5.74, 6) is -2.50. The van der Waals surface area contributed by atoms with Crippen molar-refractivity contribution in [1.29, 1.82) is 0 Å². The highest BCUT2D eigenvalue weighted by Gasteiger charge is 2.49. The van der Waals surface area contributed by atoms with Crippen LogP contribution in [0.4, 0.5) is 4.79 Å². The van der Waals surface area contributed by atoms with E-state index in [-0.39, 0.29) is 12.5 Å². The second-order valence-corrected chi connectivity index (χ2v) is 7.04. The highest BCUT2D eigenvalue weighted by Crippen LogP contribution is 2.28. The second kappa shape index (κ2) is 8.72. The number of amides is 5. The van der Waals surface area contributed by atoms with Gasteiger partial charge in [-0.2, -0.15) is 0 Å². The van der Waals surface area contributed by atoms with Gasteiger partial charge in [0.1, 0.15) is 12.1 Å². The Morgan fingerprint density at radius 1 is 1.17 bits per heavy atom. The van der Waals surface area contributed by atoms with E-state index in [1.807, 2.05) is 19.1 Å². The number of carbonyl (C=O) groups excluding carboxylic acids is 5. The first kappa shape index (κ1) is 21.9. The van der Waals surface area contributed by atoms with Crippen molar-refractivity contribution in [3.05, 3.63) is 35.4 Å². The van der Waals surface area contributed by atoms with Gasteiger partial charge in [-0.25, -0.2) is 4.79 Å². The van der Waals surface area contributed by atoms with Crippen molar-refractivity contribution in [3.63, 3.8) is 0 Å². The van der Waals surface area contributed by atoms with Crippen LogP contribution in [0.3, 0.4) is 0 Å². The fourth-order valence-corrected chi connectivity index (χ4v) is 2.63. The lowest BCUT2D eigenvalue weighted by Gasteiger charge is -2.22. The Morgan fingerprint density at radius 2 is 1.79 bits per heavy atom. The fourth-order valence-electron chi connectivity index (χ4n) is 2.63. The highest BCUT2D eigenvalue weighted by molar-refractivity contribution is 6.08. The first-order valence-electron chi connectivity index (χ1n) is 8.88. The molecule has 1 atom stereocenters. The van der Waals surface area contributed by atoms with Gasteiger partial charge >= 0.3 is 12.0 Å². The molecule has 5 amide bonds. The molecule has 10 heteroatoms. The van der Waals surface area contributed by atoms with E-state index < -0.39 is 42.5 Å². The molecule has 2 rings (SSSR count). The molecular weight excluding hydrogens is 380 g/mol. The number of nitrogens with one attached hydrogen (secondary N) is 2. The van der Waals surface area contributed by atoms with E-state index in [2.05, 4.69) is 10.6 Å². The standard InChI is InChI=1S/C19H24N4O6/c1-12-5-7-13(8-6-12)19(2)17(27)23(18(28)21-19)10-16(26)29-11-14(24)20-9-15(25)22(3)4/h5-8H,9-11H2,1-4H3,(H,20,24)(H,21,28)/t19-/m1/s1. The molecule has 2 N–H and O–H groups in total. The van der Waals surface area contributed by atoms with Crippen molar-refractivity contribution >= 4 is 29.7 Å². The van der Waals surface area contributed by atoms with Crippen LogP contribution in [-0.2, 0) is 29.5 Å². The summed E-state index contributed by atoms with van der Waals surface area (Å²) in [5, 5.41) is 4.89.